The first-order chi connectivity index (χ1) is 8.20. The van der Waals surface area contributed by atoms with Gasteiger partial charge in [-0.05, 0) is 24.8 Å². The Hall–Kier alpha value is -1.10. The Morgan fingerprint density at radius 2 is 1.94 bits per heavy atom. The zero-order valence-electron chi connectivity index (χ0n) is 10.2. The number of unbranched alkanes of at least 4 members (excludes halogenated alkanes) is 1. The monoisotopic (exact) mass is 273 g/mol. The summed E-state index contributed by atoms with van der Waals surface area (Å²) in [7, 11) is 0. The van der Waals surface area contributed by atoms with Crippen molar-refractivity contribution in [3.05, 3.63) is 35.9 Å². The van der Waals surface area contributed by atoms with Crippen molar-refractivity contribution in [3.8, 4) is 0 Å². The predicted octanol–water partition coefficient (Wildman–Crippen LogP) is 2.21. The van der Waals surface area contributed by atoms with Crippen LogP contribution in [0.15, 0.2) is 30.3 Å². The summed E-state index contributed by atoms with van der Waals surface area (Å²) < 4.78 is 5.47. The second kappa shape index (κ2) is 9.88. The number of rotatable bonds is 8. The molecule has 5 heteroatoms. The highest BCUT2D eigenvalue weighted by atomic mass is 35.5. The normalized spacial score (nSPS) is 11.6. The lowest BCUT2D eigenvalue weighted by molar-refractivity contribution is -0.138. The van der Waals surface area contributed by atoms with Crippen molar-refractivity contribution in [2.24, 2.45) is 5.73 Å². The Balaban J connectivity index is 0.00000289. The summed E-state index contributed by atoms with van der Waals surface area (Å²) in [5, 5.41) is 8.58. The summed E-state index contributed by atoms with van der Waals surface area (Å²) in [6.45, 7) is 1.24. The number of benzene rings is 1. The number of carboxylic acids is 1. The maximum atomic E-state index is 10.4. The van der Waals surface area contributed by atoms with E-state index in [1.807, 2.05) is 30.3 Å². The van der Waals surface area contributed by atoms with Gasteiger partial charge < -0.3 is 15.6 Å². The number of carboxylic acid groups (broad SMARTS) is 1. The molecule has 0 heterocycles. The van der Waals surface area contributed by atoms with Crippen LogP contribution in [0.2, 0.25) is 0 Å². The quantitative estimate of drug-likeness (QED) is 0.712. The lowest BCUT2D eigenvalue weighted by Crippen LogP contribution is -2.29. The lowest BCUT2D eigenvalue weighted by atomic mass is 10.1. The third-order valence-corrected chi connectivity index (χ3v) is 2.48. The van der Waals surface area contributed by atoms with E-state index in [9.17, 15) is 4.79 Å². The summed E-state index contributed by atoms with van der Waals surface area (Å²) in [5.41, 5.74) is 6.53. The second-order valence-electron chi connectivity index (χ2n) is 3.98. The van der Waals surface area contributed by atoms with Gasteiger partial charge >= 0.3 is 5.97 Å². The van der Waals surface area contributed by atoms with E-state index in [1.54, 1.807) is 0 Å². The molecule has 102 valence electrons. The summed E-state index contributed by atoms with van der Waals surface area (Å²) in [4.78, 5) is 10.4. The summed E-state index contributed by atoms with van der Waals surface area (Å²) in [5.74, 6) is -0.935. The van der Waals surface area contributed by atoms with E-state index < -0.39 is 12.0 Å². The molecule has 0 saturated carbocycles. The molecular weight excluding hydrogens is 254 g/mol. The van der Waals surface area contributed by atoms with Gasteiger partial charge in [0.15, 0.2) is 0 Å². The van der Waals surface area contributed by atoms with Crippen molar-refractivity contribution >= 4 is 18.4 Å². The van der Waals surface area contributed by atoms with Gasteiger partial charge in [0.25, 0.3) is 0 Å². The number of aliphatic carboxylic acids is 1. The van der Waals surface area contributed by atoms with Gasteiger partial charge in [0.05, 0.1) is 6.61 Å². The van der Waals surface area contributed by atoms with Crippen molar-refractivity contribution in [3.63, 3.8) is 0 Å². The molecule has 4 nitrogen and oxygen atoms in total. The average molecular weight is 274 g/mol. The van der Waals surface area contributed by atoms with Gasteiger partial charge in [-0.2, -0.15) is 0 Å². The van der Waals surface area contributed by atoms with Gasteiger partial charge in [0.2, 0.25) is 0 Å². The van der Waals surface area contributed by atoms with Crippen LogP contribution in [0.1, 0.15) is 24.8 Å². The van der Waals surface area contributed by atoms with Gasteiger partial charge in [-0.15, -0.1) is 12.4 Å². The van der Waals surface area contributed by atoms with E-state index >= 15 is 0 Å². The van der Waals surface area contributed by atoms with Crippen molar-refractivity contribution < 1.29 is 14.6 Å². The van der Waals surface area contributed by atoms with Crippen molar-refractivity contribution in [2.75, 3.05) is 6.61 Å². The smallest absolute Gasteiger partial charge is 0.320 e. The molecule has 1 rings (SSSR count). The lowest BCUT2D eigenvalue weighted by Gasteiger charge is -2.06. The average Bonchev–Trinajstić information content (AvgIpc) is 2.34. The van der Waals surface area contributed by atoms with Crippen LogP contribution in [0.4, 0.5) is 0 Å². The molecule has 0 radical (unpaired) electrons. The largest absolute Gasteiger partial charge is 0.480 e. The van der Waals surface area contributed by atoms with E-state index in [-0.39, 0.29) is 12.4 Å². The molecule has 0 amide bonds. The Bertz CT molecular complexity index is 332. The van der Waals surface area contributed by atoms with Crippen LogP contribution in [0.3, 0.4) is 0 Å². The van der Waals surface area contributed by atoms with E-state index in [4.69, 9.17) is 15.6 Å². The molecule has 18 heavy (non-hydrogen) atoms. The molecule has 1 aromatic rings. The molecule has 1 atom stereocenters. The fourth-order valence-electron chi connectivity index (χ4n) is 1.46. The second-order valence-corrected chi connectivity index (χ2v) is 3.98. The first-order valence-corrected chi connectivity index (χ1v) is 5.80. The first-order valence-electron chi connectivity index (χ1n) is 5.80. The van der Waals surface area contributed by atoms with Crippen molar-refractivity contribution in [1.29, 1.82) is 0 Å². The summed E-state index contributed by atoms with van der Waals surface area (Å²) >= 11 is 0. The van der Waals surface area contributed by atoms with Gasteiger partial charge in [0.1, 0.15) is 6.04 Å². The number of carbonyl (C=O) groups is 1. The third kappa shape index (κ3) is 7.27. The minimum absolute atomic E-state index is 0. The zero-order chi connectivity index (χ0) is 12.5. The summed E-state index contributed by atoms with van der Waals surface area (Å²) in [6, 6.07) is 9.20. The molecule has 1 aromatic carbocycles. The SMILES string of the molecule is Cl.NC(CCCCOCc1ccccc1)C(=O)O. The Morgan fingerprint density at radius 3 is 2.56 bits per heavy atom. The minimum Gasteiger partial charge on any atom is -0.480 e. The number of nitrogens with two attached hydrogens (primary N) is 1. The Kier molecular flexibility index (Phi) is 9.28. The Morgan fingerprint density at radius 1 is 1.28 bits per heavy atom. The number of hydrogen-bond acceptors (Lipinski definition) is 3. The van der Waals surface area contributed by atoms with Crippen molar-refractivity contribution in [2.45, 2.75) is 31.9 Å². The maximum Gasteiger partial charge on any atom is 0.320 e. The van der Waals surface area contributed by atoms with Crippen LogP contribution in [-0.2, 0) is 16.1 Å². The summed E-state index contributed by atoms with van der Waals surface area (Å²) in [6.07, 6.45) is 2.13. The molecule has 0 aliphatic carbocycles. The number of halogens is 1. The standard InChI is InChI=1S/C13H19NO3.ClH/c14-12(13(15)16)8-4-5-9-17-10-11-6-2-1-3-7-11;/h1-3,6-7,12H,4-5,8-10,14H2,(H,15,16);1H. The molecule has 1 unspecified atom stereocenters. The highest BCUT2D eigenvalue weighted by molar-refractivity contribution is 5.85. The first kappa shape index (κ1) is 16.9. The van der Waals surface area contributed by atoms with E-state index in [0.717, 1.165) is 18.4 Å². The molecular formula is C13H20ClNO3. The van der Waals surface area contributed by atoms with Crippen LogP contribution in [-0.4, -0.2) is 23.7 Å². The van der Waals surface area contributed by atoms with E-state index in [2.05, 4.69) is 0 Å². The molecule has 0 aromatic heterocycles. The van der Waals surface area contributed by atoms with Crippen LogP contribution in [0.25, 0.3) is 0 Å². The predicted molar refractivity (Wildman–Crippen MR) is 72.8 cm³/mol. The molecule has 0 aliphatic rings. The number of ether oxygens (including phenoxy) is 1. The fraction of sp³-hybridized carbons (Fsp3) is 0.462. The molecule has 0 fully saturated rings. The van der Waals surface area contributed by atoms with E-state index in [1.165, 1.54) is 0 Å². The van der Waals surface area contributed by atoms with Crippen LogP contribution >= 0.6 is 12.4 Å². The van der Waals surface area contributed by atoms with Crippen LogP contribution < -0.4 is 5.73 Å². The van der Waals surface area contributed by atoms with Crippen LogP contribution in [0.5, 0.6) is 0 Å². The van der Waals surface area contributed by atoms with Gasteiger partial charge in [-0.1, -0.05) is 30.3 Å². The Labute approximate surface area is 114 Å². The number of hydrogen-bond donors (Lipinski definition) is 2. The topological polar surface area (TPSA) is 72.5 Å². The molecule has 0 aliphatic heterocycles. The highest BCUT2D eigenvalue weighted by Crippen LogP contribution is 2.03. The molecule has 0 bridgehead atoms. The fourth-order valence-corrected chi connectivity index (χ4v) is 1.46. The molecule has 0 saturated heterocycles. The van der Waals surface area contributed by atoms with Gasteiger partial charge in [-0.3, -0.25) is 4.79 Å². The van der Waals surface area contributed by atoms with E-state index in [0.29, 0.717) is 19.6 Å². The molecule has 0 spiro atoms. The minimum atomic E-state index is -0.935. The van der Waals surface area contributed by atoms with Crippen molar-refractivity contribution in [1.82, 2.24) is 0 Å². The highest BCUT2D eigenvalue weighted by Gasteiger charge is 2.09. The molecule has 3 N–H and O–H groups in total. The van der Waals surface area contributed by atoms with Gasteiger partial charge in [0, 0.05) is 6.61 Å². The third-order valence-electron chi connectivity index (χ3n) is 2.48. The van der Waals surface area contributed by atoms with Crippen LogP contribution in [0, 0.1) is 0 Å². The zero-order valence-corrected chi connectivity index (χ0v) is 11.1. The van der Waals surface area contributed by atoms with Gasteiger partial charge in [-0.25, -0.2) is 0 Å². The maximum absolute atomic E-state index is 10.4.